The second kappa shape index (κ2) is 6.13. The predicted molar refractivity (Wildman–Crippen MR) is 83.7 cm³/mol. The van der Waals surface area contributed by atoms with E-state index < -0.39 is 10.0 Å². The minimum Gasteiger partial charge on any atom is -0.398 e. The normalized spacial score (nSPS) is 13.3. The fraction of sp³-hybridized carbons (Fsp3) is 0.231. The van der Waals surface area contributed by atoms with E-state index >= 15 is 0 Å². The first-order valence-electron chi connectivity index (χ1n) is 5.97. The van der Waals surface area contributed by atoms with E-state index in [4.69, 9.17) is 17.3 Å². The molecular formula is C13H15ClN2O2S2. The third-order valence-corrected chi connectivity index (χ3v) is 5.41. The number of hydrogen-bond acceptors (Lipinski definition) is 4. The monoisotopic (exact) mass is 330 g/mol. The van der Waals surface area contributed by atoms with Crippen LogP contribution in [0, 0.1) is 0 Å². The lowest BCUT2D eigenvalue weighted by atomic mass is 10.1. The standard InChI is InChI=1S/C13H15ClN2O2S2/c1-9(6-10-4-5-19-8-10)16-20(17,18)11-2-3-13(15)12(14)7-11/h2-5,7-9,16H,6,15H2,1H3. The van der Waals surface area contributed by atoms with Gasteiger partial charge in [0.1, 0.15) is 0 Å². The van der Waals surface area contributed by atoms with Crippen LogP contribution < -0.4 is 10.5 Å². The van der Waals surface area contributed by atoms with Gasteiger partial charge >= 0.3 is 0 Å². The second-order valence-electron chi connectivity index (χ2n) is 4.54. The highest BCUT2D eigenvalue weighted by atomic mass is 35.5. The average molecular weight is 331 g/mol. The van der Waals surface area contributed by atoms with Crippen LogP contribution in [0.4, 0.5) is 5.69 Å². The largest absolute Gasteiger partial charge is 0.398 e. The average Bonchev–Trinajstić information content (AvgIpc) is 2.84. The Labute approximate surface area is 127 Å². The lowest BCUT2D eigenvalue weighted by Gasteiger charge is -2.14. The van der Waals surface area contributed by atoms with E-state index in [2.05, 4.69) is 4.72 Å². The number of sulfonamides is 1. The lowest BCUT2D eigenvalue weighted by Crippen LogP contribution is -2.34. The molecular weight excluding hydrogens is 316 g/mol. The SMILES string of the molecule is CC(Cc1ccsc1)NS(=O)(=O)c1ccc(N)c(Cl)c1. The molecule has 1 unspecified atom stereocenters. The maximum absolute atomic E-state index is 12.2. The molecule has 4 nitrogen and oxygen atoms in total. The maximum atomic E-state index is 12.2. The summed E-state index contributed by atoms with van der Waals surface area (Å²) in [5.74, 6) is 0. The van der Waals surface area contributed by atoms with Crippen molar-refractivity contribution in [3.8, 4) is 0 Å². The molecule has 0 aliphatic rings. The molecule has 1 heterocycles. The highest BCUT2D eigenvalue weighted by Crippen LogP contribution is 2.22. The van der Waals surface area contributed by atoms with Crippen LogP contribution in [0.1, 0.15) is 12.5 Å². The summed E-state index contributed by atoms with van der Waals surface area (Å²) in [6.45, 7) is 1.83. The van der Waals surface area contributed by atoms with Gasteiger partial charge in [0, 0.05) is 6.04 Å². The van der Waals surface area contributed by atoms with Crippen molar-refractivity contribution in [2.24, 2.45) is 0 Å². The Balaban J connectivity index is 2.12. The molecule has 1 atom stereocenters. The molecule has 1 aromatic heterocycles. The molecule has 0 radical (unpaired) electrons. The first-order chi connectivity index (χ1) is 9.38. The minimum atomic E-state index is -3.59. The molecule has 0 saturated carbocycles. The molecule has 0 aliphatic heterocycles. The highest BCUT2D eigenvalue weighted by Gasteiger charge is 2.18. The van der Waals surface area contributed by atoms with Crippen LogP contribution in [0.3, 0.4) is 0 Å². The Bertz CT molecular complexity index is 684. The number of nitrogens with two attached hydrogens (primary N) is 1. The number of nitrogen functional groups attached to an aromatic ring is 1. The van der Waals surface area contributed by atoms with E-state index in [0.29, 0.717) is 12.1 Å². The van der Waals surface area contributed by atoms with Crippen LogP contribution in [0.15, 0.2) is 39.9 Å². The van der Waals surface area contributed by atoms with Crippen LogP contribution >= 0.6 is 22.9 Å². The fourth-order valence-corrected chi connectivity index (χ4v) is 4.01. The van der Waals surface area contributed by atoms with Crippen molar-refractivity contribution in [2.45, 2.75) is 24.3 Å². The van der Waals surface area contributed by atoms with Gasteiger partial charge in [-0.05, 0) is 53.9 Å². The summed E-state index contributed by atoms with van der Waals surface area (Å²) in [6, 6.07) is 6.07. The third kappa shape index (κ3) is 3.73. The van der Waals surface area contributed by atoms with Crippen molar-refractivity contribution in [2.75, 3.05) is 5.73 Å². The summed E-state index contributed by atoms with van der Waals surface area (Å²) in [6.07, 6.45) is 0.644. The molecule has 0 spiro atoms. The number of benzene rings is 1. The van der Waals surface area contributed by atoms with Gasteiger partial charge in [0.15, 0.2) is 0 Å². The quantitative estimate of drug-likeness (QED) is 0.828. The summed E-state index contributed by atoms with van der Waals surface area (Å²) in [5, 5.41) is 4.21. The van der Waals surface area contributed by atoms with Crippen molar-refractivity contribution < 1.29 is 8.42 Å². The molecule has 1 aromatic carbocycles. The minimum absolute atomic E-state index is 0.119. The number of thiophene rings is 1. The van der Waals surface area contributed by atoms with Crippen molar-refractivity contribution in [1.82, 2.24) is 4.72 Å². The number of hydrogen-bond donors (Lipinski definition) is 2. The lowest BCUT2D eigenvalue weighted by molar-refractivity contribution is 0.560. The van der Waals surface area contributed by atoms with Crippen LogP contribution in [-0.2, 0) is 16.4 Å². The summed E-state index contributed by atoms with van der Waals surface area (Å²) >= 11 is 7.45. The predicted octanol–water partition coefficient (Wildman–Crippen LogP) is 2.89. The van der Waals surface area contributed by atoms with E-state index in [0.717, 1.165) is 5.56 Å². The van der Waals surface area contributed by atoms with Gasteiger partial charge in [0.05, 0.1) is 15.6 Å². The molecule has 2 rings (SSSR count). The van der Waals surface area contributed by atoms with Crippen molar-refractivity contribution in [3.05, 3.63) is 45.6 Å². The van der Waals surface area contributed by atoms with E-state index in [1.807, 2.05) is 23.8 Å². The van der Waals surface area contributed by atoms with Gasteiger partial charge in [-0.25, -0.2) is 13.1 Å². The van der Waals surface area contributed by atoms with Gasteiger partial charge in [-0.2, -0.15) is 11.3 Å². The van der Waals surface area contributed by atoms with Crippen molar-refractivity contribution in [3.63, 3.8) is 0 Å². The molecule has 20 heavy (non-hydrogen) atoms. The van der Waals surface area contributed by atoms with Gasteiger partial charge in [-0.15, -0.1) is 0 Å². The highest BCUT2D eigenvalue weighted by molar-refractivity contribution is 7.89. The van der Waals surface area contributed by atoms with E-state index in [9.17, 15) is 8.42 Å². The first-order valence-corrected chi connectivity index (χ1v) is 8.77. The third-order valence-electron chi connectivity index (χ3n) is 2.76. The van der Waals surface area contributed by atoms with E-state index in [1.54, 1.807) is 11.3 Å². The van der Waals surface area contributed by atoms with Gasteiger partial charge in [0.2, 0.25) is 10.0 Å². The Morgan fingerprint density at radius 1 is 1.40 bits per heavy atom. The van der Waals surface area contributed by atoms with Gasteiger partial charge in [0.25, 0.3) is 0 Å². The number of nitrogens with one attached hydrogen (secondary N) is 1. The van der Waals surface area contributed by atoms with Crippen LogP contribution in [0.5, 0.6) is 0 Å². The summed E-state index contributed by atoms with van der Waals surface area (Å²) in [4.78, 5) is 0.119. The Kier molecular flexibility index (Phi) is 4.70. The number of halogens is 1. The molecule has 0 aliphatic carbocycles. The number of rotatable bonds is 5. The zero-order valence-electron chi connectivity index (χ0n) is 10.8. The zero-order valence-corrected chi connectivity index (χ0v) is 13.2. The summed E-state index contributed by atoms with van der Waals surface area (Å²) in [5.41, 5.74) is 7.05. The molecule has 108 valence electrons. The van der Waals surface area contributed by atoms with Crippen LogP contribution in [-0.4, -0.2) is 14.5 Å². The maximum Gasteiger partial charge on any atom is 0.240 e. The topological polar surface area (TPSA) is 72.2 Å². The van der Waals surface area contributed by atoms with Crippen LogP contribution in [0.2, 0.25) is 5.02 Å². The van der Waals surface area contributed by atoms with Gasteiger partial charge in [-0.3, -0.25) is 0 Å². The molecule has 2 aromatic rings. The Hall–Kier alpha value is -1.08. The van der Waals surface area contributed by atoms with Crippen molar-refractivity contribution >= 4 is 38.6 Å². The molecule has 7 heteroatoms. The number of anilines is 1. The van der Waals surface area contributed by atoms with Gasteiger partial charge in [-0.1, -0.05) is 11.6 Å². The van der Waals surface area contributed by atoms with E-state index in [1.165, 1.54) is 18.2 Å². The molecule has 0 bridgehead atoms. The second-order valence-corrected chi connectivity index (χ2v) is 7.44. The van der Waals surface area contributed by atoms with Gasteiger partial charge < -0.3 is 5.73 Å². The molecule has 3 N–H and O–H groups in total. The van der Waals surface area contributed by atoms with Crippen LogP contribution in [0.25, 0.3) is 0 Å². The van der Waals surface area contributed by atoms with Crippen molar-refractivity contribution in [1.29, 1.82) is 0 Å². The smallest absolute Gasteiger partial charge is 0.240 e. The van der Waals surface area contributed by atoms with E-state index in [-0.39, 0.29) is 16.0 Å². The molecule has 0 fully saturated rings. The first kappa shape index (κ1) is 15.3. The Morgan fingerprint density at radius 3 is 2.75 bits per heavy atom. The summed E-state index contributed by atoms with van der Waals surface area (Å²) < 4.78 is 27.1. The molecule has 0 saturated heterocycles. The Morgan fingerprint density at radius 2 is 2.15 bits per heavy atom. The molecule has 0 amide bonds. The summed E-state index contributed by atoms with van der Waals surface area (Å²) in [7, 11) is -3.59. The zero-order chi connectivity index (χ0) is 14.8. The fourth-order valence-electron chi connectivity index (χ4n) is 1.81.